The normalized spacial score (nSPS) is 14.4. The third-order valence-corrected chi connectivity index (χ3v) is 4.20. The van der Waals surface area contributed by atoms with Crippen LogP contribution >= 0.6 is 15.9 Å². The van der Waals surface area contributed by atoms with Crippen molar-refractivity contribution in [3.63, 3.8) is 0 Å². The van der Waals surface area contributed by atoms with Gasteiger partial charge in [0.05, 0.1) is 5.69 Å². The lowest BCUT2D eigenvalue weighted by atomic mass is 10.2. The summed E-state index contributed by atoms with van der Waals surface area (Å²) in [6.45, 7) is 3.66. The van der Waals surface area contributed by atoms with Crippen molar-refractivity contribution in [3.8, 4) is 0 Å². The number of anilines is 1. The van der Waals surface area contributed by atoms with Gasteiger partial charge in [-0.3, -0.25) is 9.59 Å². The van der Waals surface area contributed by atoms with Gasteiger partial charge in [0.15, 0.2) is 0 Å². The number of rotatable bonds is 4. The van der Waals surface area contributed by atoms with E-state index in [1.165, 1.54) is 6.92 Å². The van der Waals surface area contributed by atoms with Gasteiger partial charge in [-0.2, -0.15) is 0 Å². The summed E-state index contributed by atoms with van der Waals surface area (Å²) in [7, 11) is 0. The van der Waals surface area contributed by atoms with Gasteiger partial charge in [-0.15, -0.1) is 0 Å². The molecule has 0 N–H and O–H groups in total. The van der Waals surface area contributed by atoms with Crippen molar-refractivity contribution in [2.45, 2.75) is 26.2 Å². The molecule has 0 saturated carbocycles. The molecule has 108 valence electrons. The third kappa shape index (κ3) is 3.60. The predicted molar refractivity (Wildman–Crippen MR) is 82.6 cm³/mol. The quantitative estimate of drug-likeness (QED) is 0.846. The van der Waals surface area contributed by atoms with Crippen LogP contribution in [-0.4, -0.2) is 36.3 Å². The zero-order valence-electron chi connectivity index (χ0n) is 11.6. The van der Waals surface area contributed by atoms with Crippen LogP contribution in [0.25, 0.3) is 0 Å². The number of nitrogens with zero attached hydrogens (tertiary/aromatic N) is 2. The summed E-state index contributed by atoms with van der Waals surface area (Å²) in [6, 6.07) is 7.57. The van der Waals surface area contributed by atoms with E-state index in [0.717, 1.165) is 36.1 Å². The SMILES string of the molecule is CC(=O)N(CCC(=O)N1CCCC1)c1ccccc1Br. The fourth-order valence-electron chi connectivity index (χ4n) is 2.45. The summed E-state index contributed by atoms with van der Waals surface area (Å²) in [4.78, 5) is 27.4. The minimum Gasteiger partial charge on any atom is -0.343 e. The molecule has 1 saturated heterocycles. The van der Waals surface area contributed by atoms with Crippen LogP contribution in [-0.2, 0) is 9.59 Å². The van der Waals surface area contributed by atoms with Crippen LogP contribution in [0, 0.1) is 0 Å². The van der Waals surface area contributed by atoms with E-state index in [0.29, 0.717) is 13.0 Å². The number of halogens is 1. The molecule has 0 radical (unpaired) electrons. The smallest absolute Gasteiger partial charge is 0.224 e. The first-order valence-electron chi connectivity index (χ1n) is 6.90. The Morgan fingerprint density at radius 3 is 2.50 bits per heavy atom. The fraction of sp³-hybridized carbons (Fsp3) is 0.467. The highest BCUT2D eigenvalue weighted by Gasteiger charge is 2.20. The molecular weight excluding hydrogens is 320 g/mol. The topological polar surface area (TPSA) is 40.6 Å². The standard InChI is InChI=1S/C15H19BrN2O2/c1-12(19)18(14-7-3-2-6-13(14)16)11-8-15(20)17-9-4-5-10-17/h2-3,6-7H,4-5,8-11H2,1H3. The van der Waals surface area contributed by atoms with E-state index < -0.39 is 0 Å². The summed E-state index contributed by atoms with van der Waals surface area (Å²) in [5.74, 6) is 0.0897. The number of carbonyl (C=O) groups excluding carboxylic acids is 2. The second kappa shape index (κ2) is 6.88. The molecule has 2 amide bonds. The summed E-state index contributed by atoms with van der Waals surface area (Å²) in [6.07, 6.45) is 2.56. The average molecular weight is 339 g/mol. The number of carbonyl (C=O) groups is 2. The van der Waals surface area contributed by atoms with Crippen LogP contribution in [0.5, 0.6) is 0 Å². The van der Waals surface area contributed by atoms with Gasteiger partial charge in [-0.25, -0.2) is 0 Å². The molecule has 2 rings (SSSR count). The maximum atomic E-state index is 12.1. The Bertz CT molecular complexity index is 498. The largest absolute Gasteiger partial charge is 0.343 e. The van der Waals surface area contributed by atoms with Crippen molar-refractivity contribution in [2.24, 2.45) is 0 Å². The lowest BCUT2D eigenvalue weighted by Crippen LogP contribution is -2.35. The Morgan fingerprint density at radius 2 is 1.90 bits per heavy atom. The molecule has 0 aromatic heterocycles. The van der Waals surface area contributed by atoms with Crippen LogP contribution in [0.2, 0.25) is 0 Å². The van der Waals surface area contributed by atoms with E-state index in [4.69, 9.17) is 0 Å². The van der Waals surface area contributed by atoms with Crippen LogP contribution in [0.1, 0.15) is 26.2 Å². The first-order chi connectivity index (χ1) is 9.59. The monoisotopic (exact) mass is 338 g/mol. The number of likely N-dealkylation sites (tertiary alicyclic amines) is 1. The van der Waals surface area contributed by atoms with Gasteiger partial charge in [-0.1, -0.05) is 12.1 Å². The number of hydrogen-bond donors (Lipinski definition) is 0. The fourth-order valence-corrected chi connectivity index (χ4v) is 2.95. The van der Waals surface area contributed by atoms with Gasteiger partial charge in [0.1, 0.15) is 0 Å². The van der Waals surface area contributed by atoms with Crippen LogP contribution < -0.4 is 4.90 Å². The second-order valence-electron chi connectivity index (χ2n) is 4.96. The molecule has 1 aliphatic heterocycles. The molecule has 1 aromatic rings. The molecule has 1 aromatic carbocycles. The van der Waals surface area contributed by atoms with Crippen molar-refractivity contribution < 1.29 is 9.59 Å². The lowest BCUT2D eigenvalue weighted by molar-refractivity contribution is -0.129. The van der Waals surface area contributed by atoms with E-state index in [2.05, 4.69) is 15.9 Å². The summed E-state index contributed by atoms with van der Waals surface area (Å²) >= 11 is 3.45. The summed E-state index contributed by atoms with van der Waals surface area (Å²) < 4.78 is 0.865. The van der Waals surface area contributed by atoms with Crippen LogP contribution in [0.15, 0.2) is 28.7 Å². The van der Waals surface area contributed by atoms with E-state index in [9.17, 15) is 9.59 Å². The summed E-state index contributed by atoms with van der Waals surface area (Å²) in [5.41, 5.74) is 0.814. The van der Waals surface area contributed by atoms with Gasteiger partial charge in [-0.05, 0) is 40.9 Å². The van der Waals surface area contributed by atoms with Gasteiger partial charge in [0.2, 0.25) is 11.8 Å². The van der Waals surface area contributed by atoms with E-state index in [1.54, 1.807) is 4.90 Å². The van der Waals surface area contributed by atoms with Crippen molar-refractivity contribution >= 4 is 33.4 Å². The van der Waals surface area contributed by atoms with Gasteiger partial charge in [0, 0.05) is 37.5 Å². The van der Waals surface area contributed by atoms with Crippen LogP contribution in [0.4, 0.5) is 5.69 Å². The maximum absolute atomic E-state index is 12.1. The Kier molecular flexibility index (Phi) is 5.17. The zero-order chi connectivity index (χ0) is 14.5. The Balaban J connectivity index is 2.01. The Morgan fingerprint density at radius 1 is 1.25 bits per heavy atom. The Hall–Kier alpha value is -1.36. The van der Waals surface area contributed by atoms with E-state index >= 15 is 0 Å². The third-order valence-electron chi connectivity index (χ3n) is 3.53. The minimum absolute atomic E-state index is 0.0499. The highest BCUT2D eigenvalue weighted by atomic mass is 79.9. The molecule has 0 bridgehead atoms. The molecule has 1 heterocycles. The van der Waals surface area contributed by atoms with Crippen molar-refractivity contribution in [2.75, 3.05) is 24.5 Å². The molecule has 5 heteroatoms. The molecule has 0 unspecified atom stereocenters. The number of amides is 2. The van der Waals surface area contributed by atoms with Crippen LogP contribution in [0.3, 0.4) is 0 Å². The average Bonchev–Trinajstić information content (AvgIpc) is 2.94. The molecular formula is C15H19BrN2O2. The summed E-state index contributed by atoms with van der Waals surface area (Å²) in [5, 5.41) is 0. The van der Waals surface area contributed by atoms with E-state index in [1.807, 2.05) is 29.2 Å². The van der Waals surface area contributed by atoms with Gasteiger partial charge in [0.25, 0.3) is 0 Å². The second-order valence-corrected chi connectivity index (χ2v) is 5.81. The minimum atomic E-state index is -0.0499. The van der Waals surface area contributed by atoms with Gasteiger partial charge >= 0.3 is 0 Å². The number of benzene rings is 1. The number of para-hydroxylation sites is 1. The first kappa shape index (κ1) is 15.0. The molecule has 0 spiro atoms. The predicted octanol–water partition coefficient (Wildman–Crippen LogP) is 2.81. The van der Waals surface area contributed by atoms with Gasteiger partial charge < -0.3 is 9.80 Å². The zero-order valence-corrected chi connectivity index (χ0v) is 13.2. The number of hydrogen-bond acceptors (Lipinski definition) is 2. The molecule has 1 aliphatic rings. The van der Waals surface area contributed by atoms with Crippen molar-refractivity contribution in [3.05, 3.63) is 28.7 Å². The maximum Gasteiger partial charge on any atom is 0.224 e. The Labute approximate surface area is 127 Å². The van der Waals surface area contributed by atoms with Crippen molar-refractivity contribution in [1.82, 2.24) is 4.90 Å². The van der Waals surface area contributed by atoms with Crippen molar-refractivity contribution in [1.29, 1.82) is 0 Å². The molecule has 0 aliphatic carbocycles. The molecule has 4 nitrogen and oxygen atoms in total. The first-order valence-corrected chi connectivity index (χ1v) is 7.69. The highest BCUT2D eigenvalue weighted by molar-refractivity contribution is 9.10. The molecule has 0 atom stereocenters. The lowest BCUT2D eigenvalue weighted by Gasteiger charge is -2.23. The highest BCUT2D eigenvalue weighted by Crippen LogP contribution is 2.26. The molecule has 20 heavy (non-hydrogen) atoms. The van der Waals surface area contributed by atoms with E-state index in [-0.39, 0.29) is 11.8 Å². The molecule has 1 fully saturated rings.